The lowest BCUT2D eigenvalue weighted by Gasteiger charge is -2.22. The van der Waals surface area contributed by atoms with Crippen molar-refractivity contribution in [2.75, 3.05) is 19.7 Å². The van der Waals surface area contributed by atoms with E-state index < -0.39 is 0 Å². The van der Waals surface area contributed by atoms with Crippen LogP contribution >= 0.6 is 12.4 Å². The molecule has 1 aromatic rings. The van der Waals surface area contributed by atoms with E-state index in [0.717, 1.165) is 5.75 Å². The van der Waals surface area contributed by atoms with Crippen molar-refractivity contribution in [2.24, 2.45) is 11.7 Å². The topological polar surface area (TPSA) is 64.4 Å². The van der Waals surface area contributed by atoms with Gasteiger partial charge in [0.15, 0.2) is 0 Å². The van der Waals surface area contributed by atoms with Crippen LogP contribution < -0.4 is 15.8 Å². The average Bonchev–Trinajstić information content (AvgIpc) is 2.41. The van der Waals surface area contributed by atoms with Crippen molar-refractivity contribution in [3.05, 3.63) is 29.8 Å². The number of ether oxygens (including phenoxy) is 1. The molecule has 0 aliphatic carbocycles. The molecule has 0 saturated heterocycles. The molecule has 1 rings (SSSR count). The molecular weight excluding hydrogens is 288 g/mol. The van der Waals surface area contributed by atoms with Crippen LogP contribution in [-0.4, -0.2) is 25.6 Å². The van der Waals surface area contributed by atoms with Crippen molar-refractivity contribution >= 4 is 18.3 Å². The van der Waals surface area contributed by atoms with E-state index >= 15 is 0 Å². The smallest absolute Gasteiger partial charge is 0.224 e. The summed E-state index contributed by atoms with van der Waals surface area (Å²) in [6.07, 6.45) is 0. The monoisotopic (exact) mass is 314 g/mol. The summed E-state index contributed by atoms with van der Waals surface area (Å²) in [5.41, 5.74) is 6.65. The quantitative estimate of drug-likeness (QED) is 0.793. The Kier molecular flexibility index (Phi) is 8.37. The van der Waals surface area contributed by atoms with Crippen LogP contribution in [0.4, 0.5) is 0 Å². The highest BCUT2D eigenvalue weighted by Crippen LogP contribution is 2.30. The summed E-state index contributed by atoms with van der Waals surface area (Å²) in [4.78, 5) is 11.6. The minimum absolute atomic E-state index is 0. The Balaban J connectivity index is 0.00000400. The second kappa shape index (κ2) is 8.90. The van der Waals surface area contributed by atoms with Crippen molar-refractivity contribution in [3.63, 3.8) is 0 Å². The van der Waals surface area contributed by atoms with Crippen LogP contribution in [0.3, 0.4) is 0 Å². The maximum atomic E-state index is 11.6. The lowest BCUT2D eigenvalue weighted by atomic mass is 9.86. The summed E-state index contributed by atoms with van der Waals surface area (Å²) in [5, 5.41) is 2.82. The van der Waals surface area contributed by atoms with E-state index in [1.54, 1.807) is 0 Å². The molecule has 21 heavy (non-hydrogen) atoms. The van der Waals surface area contributed by atoms with Crippen LogP contribution in [0.2, 0.25) is 0 Å². The van der Waals surface area contributed by atoms with Gasteiger partial charge in [0.2, 0.25) is 5.91 Å². The second-order valence-corrected chi connectivity index (χ2v) is 6.02. The van der Waals surface area contributed by atoms with Crippen molar-refractivity contribution in [2.45, 2.75) is 33.1 Å². The number of nitrogens with two attached hydrogens (primary N) is 1. The second-order valence-electron chi connectivity index (χ2n) is 6.02. The number of hydrogen-bond donors (Lipinski definition) is 2. The van der Waals surface area contributed by atoms with E-state index in [4.69, 9.17) is 10.5 Å². The molecule has 1 unspecified atom stereocenters. The fraction of sp³-hybridized carbons (Fsp3) is 0.562. The van der Waals surface area contributed by atoms with E-state index in [0.29, 0.717) is 19.7 Å². The number of nitrogens with one attached hydrogen (secondary N) is 1. The molecule has 0 saturated carbocycles. The van der Waals surface area contributed by atoms with Gasteiger partial charge in [0.1, 0.15) is 12.4 Å². The molecule has 1 aromatic carbocycles. The number of amides is 1. The van der Waals surface area contributed by atoms with Crippen LogP contribution in [-0.2, 0) is 10.2 Å². The first-order valence-corrected chi connectivity index (χ1v) is 7.06. The number of rotatable bonds is 6. The molecule has 0 fully saturated rings. The van der Waals surface area contributed by atoms with Crippen LogP contribution in [0.15, 0.2) is 24.3 Å². The lowest BCUT2D eigenvalue weighted by molar-refractivity contribution is -0.124. The van der Waals surface area contributed by atoms with Gasteiger partial charge in [-0.1, -0.05) is 45.9 Å². The molecular formula is C16H27ClN2O2. The molecule has 0 bridgehead atoms. The van der Waals surface area contributed by atoms with E-state index in [9.17, 15) is 4.79 Å². The van der Waals surface area contributed by atoms with Crippen molar-refractivity contribution in [1.29, 1.82) is 0 Å². The third-order valence-electron chi connectivity index (χ3n) is 3.16. The van der Waals surface area contributed by atoms with Gasteiger partial charge >= 0.3 is 0 Å². The van der Waals surface area contributed by atoms with Gasteiger partial charge in [-0.05, 0) is 17.0 Å². The largest absolute Gasteiger partial charge is 0.491 e. The maximum Gasteiger partial charge on any atom is 0.224 e. The zero-order valence-electron chi connectivity index (χ0n) is 13.3. The third kappa shape index (κ3) is 6.36. The molecule has 0 aromatic heterocycles. The molecule has 1 amide bonds. The Morgan fingerprint density at radius 1 is 1.33 bits per heavy atom. The molecule has 120 valence electrons. The highest BCUT2D eigenvalue weighted by molar-refractivity contribution is 5.85. The number of hydrogen-bond acceptors (Lipinski definition) is 3. The molecule has 0 aliphatic heterocycles. The zero-order chi connectivity index (χ0) is 15.2. The van der Waals surface area contributed by atoms with Gasteiger partial charge in [0, 0.05) is 12.5 Å². The van der Waals surface area contributed by atoms with Gasteiger partial charge in [-0.15, -0.1) is 12.4 Å². The number of benzene rings is 1. The Bertz CT molecular complexity index is 444. The van der Waals surface area contributed by atoms with Gasteiger partial charge in [-0.3, -0.25) is 4.79 Å². The first-order chi connectivity index (χ1) is 9.36. The first-order valence-electron chi connectivity index (χ1n) is 7.06. The van der Waals surface area contributed by atoms with E-state index in [2.05, 4.69) is 32.2 Å². The van der Waals surface area contributed by atoms with Gasteiger partial charge < -0.3 is 15.8 Å². The SMILES string of the molecule is CC(CN)C(=O)NCCOc1ccccc1C(C)(C)C.Cl. The summed E-state index contributed by atoms with van der Waals surface area (Å²) in [5.74, 6) is 0.693. The standard InChI is InChI=1S/C16H26N2O2.ClH/c1-12(11-17)15(19)18-9-10-20-14-8-6-5-7-13(14)16(2,3)4;/h5-8,12H,9-11,17H2,1-4H3,(H,18,19);1H. The fourth-order valence-electron chi connectivity index (χ4n) is 1.83. The van der Waals surface area contributed by atoms with Crippen molar-refractivity contribution < 1.29 is 9.53 Å². The highest BCUT2D eigenvalue weighted by atomic mass is 35.5. The Morgan fingerprint density at radius 3 is 2.52 bits per heavy atom. The predicted octanol–water partition coefficient (Wildman–Crippen LogP) is 2.50. The first kappa shape index (κ1) is 19.7. The number of halogens is 1. The average molecular weight is 315 g/mol. The van der Waals surface area contributed by atoms with Crippen molar-refractivity contribution in [1.82, 2.24) is 5.32 Å². The van der Waals surface area contributed by atoms with E-state index in [-0.39, 0.29) is 29.6 Å². The molecule has 4 nitrogen and oxygen atoms in total. The summed E-state index contributed by atoms with van der Waals surface area (Å²) < 4.78 is 5.78. The van der Waals surface area contributed by atoms with Crippen LogP contribution in [0.25, 0.3) is 0 Å². The fourth-order valence-corrected chi connectivity index (χ4v) is 1.83. The van der Waals surface area contributed by atoms with Gasteiger partial charge in [0.25, 0.3) is 0 Å². The van der Waals surface area contributed by atoms with E-state index in [1.807, 2.05) is 25.1 Å². The molecule has 5 heteroatoms. The summed E-state index contributed by atoms with van der Waals surface area (Å²) in [6, 6.07) is 8.01. The summed E-state index contributed by atoms with van der Waals surface area (Å²) in [7, 11) is 0. The van der Waals surface area contributed by atoms with Crippen LogP contribution in [0.5, 0.6) is 5.75 Å². The van der Waals surface area contributed by atoms with E-state index in [1.165, 1.54) is 5.56 Å². The summed E-state index contributed by atoms with van der Waals surface area (Å²) in [6.45, 7) is 9.57. The molecule has 0 radical (unpaired) electrons. The minimum atomic E-state index is -0.156. The molecule has 0 heterocycles. The lowest BCUT2D eigenvalue weighted by Crippen LogP contribution is -2.35. The normalized spacial score (nSPS) is 12.2. The number of carbonyl (C=O) groups excluding carboxylic acids is 1. The molecule has 0 aliphatic rings. The Labute approximate surface area is 133 Å². The van der Waals surface area contributed by atoms with Crippen LogP contribution in [0.1, 0.15) is 33.3 Å². The molecule has 0 spiro atoms. The van der Waals surface area contributed by atoms with Gasteiger partial charge in [-0.2, -0.15) is 0 Å². The maximum absolute atomic E-state index is 11.6. The minimum Gasteiger partial charge on any atom is -0.491 e. The number of para-hydroxylation sites is 1. The number of carbonyl (C=O) groups is 1. The molecule has 1 atom stereocenters. The molecule has 3 N–H and O–H groups in total. The summed E-state index contributed by atoms with van der Waals surface area (Å²) >= 11 is 0. The van der Waals surface area contributed by atoms with Crippen LogP contribution in [0, 0.1) is 5.92 Å². The highest BCUT2D eigenvalue weighted by Gasteiger charge is 2.18. The Morgan fingerprint density at radius 2 is 1.95 bits per heavy atom. The Hall–Kier alpha value is -1.26. The third-order valence-corrected chi connectivity index (χ3v) is 3.16. The van der Waals surface area contributed by atoms with Crippen molar-refractivity contribution in [3.8, 4) is 5.75 Å². The zero-order valence-corrected chi connectivity index (χ0v) is 14.1. The predicted molar refractivity (Wildman–Crippen MR) is 89.1 cm³/mol. The van der Waals surface area contributed by atoms with Gasteiger partial charge in [-0.25, -0.2) is 0 Å². The van der Waals surface area contributed by atoms with Gasteiger partial charge in [0.05, 0.1) is 6.54 Å².